The van der Waals surface area contributed by atoms with Gasteiger partial charge < -0.3 is 9.15 Å². The van der Waals surface area contributed by atoms with E-state index >= 15 is 0 Å². The van der Waals surface area contributed by atoms with Crippen LogP contribution in [0.5, 0.6) is 0 Å². The fourth-order valence-corrected chi connectivity index (χ4v) is 1.41. The van der Waals surface area contributed by atoms with Crippen LogP contribution in [0.3, 0.4) is 0 Å². The highest BCUT2D eigenvalue weighted by Crippen LogP contribution is 2.20. The molecule has 0 aliphatic heterocycles. The summed E-state index contributed by atoms with van der Waals surface area (Å²) in [6.45, 7) is 7.42. The summed E-state index contributed by atoms with van der Waals surface area (Å²) in [5.74, 6) is -0.227. The van der Waals surface area contributed by atoms with Gasteiger partial charge in [0.05, 0.1) is 0 Å². The molecule has 1 rings (SSSR count). The molecule has 0 aromatic carbocycles. The number of furan rings is 1. The number of hydrogen-bond acceptors (Lipinski definition) is 3. The molecule has 4 heteroatoms. The third-order valence-corrected chi connectivity index (χ3v) is 1.91. The van der Waals surface area contributed by atoms with Crippen molar-refractivity contribution in [3.8, 4) is 0 Å². The van der Waals surface area contributed by atoms with E-state index in [9.17, 15) is 4.79 Å². The Morgan fingerprint density at radius 2 is 2.36 bits per heavy atom. The van der Waals surface area contributed by atoms with Crippen molar-refractivity contribution in [2.75, 3.05) is 6.61 Å². The largest absolute Gasteiger partial charge is 0.455 e. The summed E-state index contributed by atoms with van der Waals surface area (Å²) in [5.41, 5.74) is 1.55. The third-order valence-electron chi connectivity index (χ3n) is 1.52. The predicted octanol–water partition coefficient (Wildman–Crippen LogP) is 3.08. The number of carbonyl (C=O) groups excluding carboxylic acids is 1. The highest BCUT2D eigenvalue weighted by Gasteiger charge is 2.16. The Morgan fingerprint density at radius 1 is 1.71 bits per heavy atom. The van der Waals surface area contributed by atoms with Crippen LogP contribution in [0, 0.1) is 6.92 Å². The van der Waals surface area contributed by atoms with Crippen molar-refractivity contribution in [2.45, 2.75) is 13.8 Å². The summed E-state index contributed by atoms with van der Waals surface area (Å²) in [4.78, 5) is 11.4. The average Bonchev–Trinajstić information content (AvgIpc) is 2.41. The summed E-state index contributed by atoms with van der Waals surface area (Å²) in [6, 6.07) is 1.72. The number of ether oxygens (including phenoxy) is 1. The minimum absolute atomic E-state index is 0.219. The van der Waals surface area contributed by atoms with Crippen LogP contribution in [0.1, 0.15) is 23.0 Å². The maximum atomic E-state index is 11.4. The molecule has 0 atom stereocenters. The van der Waals surface area contributed by atoms with E-state index in [0.717, 1.165) is 11.1 Å². The van der Waals surface area contributed by atoms with E-state index in [1.807, 2.05) is 0 Å². The first-order valence-electron chi connectivity index (χ1n) is 4.08. The Bertz CT molecular complexity index is 365. The molecule has 0 aliphatic carbocycles. The zero-order valence-electron chi connectivity index (χ0n) is 8.09. The van der Waals surface area contributed by atoms with Crippen LogP contribution < -0.4 is 0 Å². The van der Waals surface area contributed by atoms with E-state index in [0.29, 0.717) is 4.67 Å². The van der Waals surface area contributed by atoms with E-state index in [1.165, 1.54) is 0 Å². The second-order valence-corrected chi connectivity index (χ2v) is 3.88. The van der Waals surface area contributed by atoms with Crippen LogP contribution in [0.15, 0.2) is 27.3 Å². The lowest BCUT2D eigenvalue weighted by atomic mass is 10.3. The molecule has 0 amide bonds. The smallest absolute Gasteiger partial charge is 0.374 e. The van der Waals surface area contributed by atoms with E-state index in [4.69, 9.17) is 9.15 Å². The number of carbonyl (C=O) groups is 1. The second-order valence-electron chi connectivity index (χ2n) is 3.10. The van der Waals surface area contributed by atoms with E-state index in [1.54, 1.807) is 19.9 Å². The van der Waals surface area contributed by atoms with Gasteiger partial charge in [0.25, 0.3) is 0 Å². The van der Waals surface area contributed by atoms with Gasteiger partial charge >= 0.3 is 5.97 Å². The minimum Gasteiger partial charge on any atom is -0.455 e. The Kier molecular flexibility index (Phi) is 3.52. The standard InChI is InChI=1S/C10H11BrO3/c1-6(2)5-13-10(12)9-7(3)4-8(11)14-9/h4H,1,5H2,2-3H3. The first-order valence-corrected chi connectivity index (χ1v) is 4.87. The van der Waals surface area contributed by atoms with Gasteiger partial charge in [-0.2, -0.15) is 0 Å². The lowest BCUT2D eigenvalue weighted by Gasteiger charge is -2.01. The van der Waals surface area contributed by atoms with Gasteiger partial charge in [0.15, 0.2) is 4.67 Å². The maximum Gasteiger partial charge on any atom is 0.374 e. The summed E-state index contributed by atoms with van der Waals surface area (Å²) in [6.07, 6.45) is 0. The van der Waals surface area contributed by atoms with Crippen molar-refractivity contribution in [2.24, 2.45) is 0 Å². The van der Waals surface area contributed by atoms with Crippen LogP contribution in [0.25, 0.3) is 0 Å². The number of aryl methyl sites for hydroxylation is 1. The average molecular weight is 259 g/mol. The number of hydrogen-bond donors (Lipinski definition) is 0. The van der Waals surface area contributed by atoms with Crippen LogP contribution in [-0.2, 0) is 4.74 Å². The van der Waals surface area contributed by atoms with Crippen LogP contribution in [0.2, 0.25) is 0 Å². The summed E-state index contributed by atoms with van der Waals surface area (Å²) in [7, 11) is 0. The Balaban J connectivity index is 2.69. The second kappa shape index (κ2) is 4.46. The van der Waals surface area contributed by atoms with Crippen molar-refractivity contribution in [1.29, 1.82) is 0 Å². The van der Waals surface area contributed by atoms with Crippen molar-refractivity contribution in [1.82, 2.24) is 0 Å². The molecule has 0 saturated carbocycles. The monoisotopic (exact) mass is 258 g/mol. The van der Waals surface area contributed by atoms with Gasteiger partial charge in [-0.15, -0.1) is 0 Å². The van der Waals surface area contributed by atoms with E-state index < -0.39 is 5.97 Å². The number of rotatable bonds is 3. The van der Waals surface area contributed by atoms with E-state index in [-0.39, 0.29) is 12.4 Å². The molecule has 0 spiro atoms. The predicted molar refractivity (Wildman–Crippen MR) is 56.2 cm³/mol. The molecule has 0 bridgehead atoms. The van der Waals surface area contributed by atoms with Gasteiger partial charge in [0.2, 0.25) is 5.76 Å². The lowest BCUT2D eigenvalue weighted by molar-refractivity contribution is 0.0501. The van der Waals surface area contributed by atoms with Gasteiger partial charge in [0, 0.05) is 5.56 Å². The summed E-state index contributed by atoms with van der Waals surface area (Å²) >= 11 is 3.14. The first-order chi connectivity index (χ1) is 6.50. The molecule has 0 N–H and O–H groups in total. The fourth-order valence-electron chi connectivity index (χ4n) is 0.900. The molecule has 1 heterocycles. The molecule has 14 heavy (non-hydrogen) atoms. The molecule has 76 valence electrons. The van der Waals surface area contributed by atoms with Gasteiger partial charge in [-0.25, -0.2) is 4.79 Å². The van der Waals surface area contributed by atoms with Crippen LogP contribution >= 0.6 is 15.9 Å². The van der Waals surface area contributed by atoms with Gasteiger partial charge in [-0.1, -0.05) is 6.58 Å². The van der Waals surface area contributed by atoms with Crippen LogP contribution in [-0.4, -0.2) is 12.6 Å². The quantitative estimate of drug-likeness (QED) is 0.618. The number of esters is 1. The zero-order chi connectivity index (χ0) is 10.7. The zero-order valence-corrected chi connectivity index (χ0v) is 9.68. The van der Waals surface area contributed by atoms with Crippen molar-refractivity contribution in [3.05, 3.63) is 34.2 Å². The molecule has 0 radical (unpaired) electrons. The van der Waals surface area contributed by atoms with Gasteiger partial charge in [0.1, 0.15) is 6.61 Å². The van der Waals surface area contributed by atoms with Gasteiger partial charge in [-0.05, 0) is 41.4 Å². The van der Waals surface area contributed by atoms with Crippen molar-refractivity contribution < 1.29 is 13.9 Å². The SMILES string of the molecule is C=C(C)COC(=O)c1oc(Br)cc1C. The molecule has 1 aromatic heterocycles. The van der Waals surface area contributed by atoms with Crippen molar-refractivity contribution >= 4 is 21.9 Å². The summed E-state index contributed by atoms with van der Waals surface area (Å²) < 4.78 is 10.6. The molecule has 0 aliphatic rings. The topological polar surface area (TPSA) is 39.4 Å². The van der Waals surface area contributed by atoms with Crippen molar-refractivity contribution in [3.63, 3.8) is 0 Å². The molecule has 0 saturated heterocycles. The van der Waals surface area contributed by atoms with E-state index in [2.05, 4.69) is 22.5 Å². The highest BCUT2D eigenvalue weighted by atomic mass is 79.9. The molecular weight excluding hydrogens is 248 g/mol. The Hall–Kier alpha value is -1.03. The Morgan fingerprint density at radius 3 is 2.79 bits per heavy atom. The highest BCUT2D eigenvalue weighted by molar-refractivity contribution is 9.10. The molecular formula is C10H11BrO3. The lowest BCUT2D eigenvalue weighted by Crippen LogP contribution is -2.06. The van der Waals surface area contributed by atoms with Crippen LogP contribution in [0.4, 0.5) is 0 Å². The Labute approximate surface area is 90.9 Å². The summed E-state index contributed by atoms with van der Waals surface area (Å²) in [5, 5.41) is 0. The molecule has 0 unspecified atom stereocenters. The number of halogens is 1. The molecule has 1 aromatic rings. The molecule has 3 nitrogen and oxygen atoms in total. The molecule has 0 fully saturated rings. The van der Waals surface area contributed by atoms with Gasteiger partial charge in [-0.3, -0.25) is 0 Å². The third kappa shape index (κ3) is 2.73. The first kappa shape index (κ1) is 11.0. The minimum atomic E-state index is -0.462. The fraction of sp³-hybridized carbons (Fsp3) is 0.300. The maximum absolute atomic E-state index is 11.4. The normalized spacial score (nSPS) is 9.93.